The fraction of sp³-hybridized carbons (Fsp3) is 0.429. The summed E-state index contributed by atoms with van der Waals surface area (Å²) in [5.41, 5.74) is 1.21. The summed E-state index contributed by atoms with van der Waals surface area (Å²) in [6.45, 7) is 0.0941. The number of hydrogen-bond donors (Lipinski definition) is 0. The standard InChI is InChI=1S/C14H18O4/c1-17-13(15)10-11-18-14(16)9-5-8-12-6-3-2-4-7-12/h2-4,6-7H,5,8-11H2,1H3. The van der Waals surface area contributed by atoms with E-state index in [0.29, 0.717) is 6.42 Å². The van der Waals surface area contributed by atoms with Crippen molar-refractivity contribution in [2.75, 3.05) is 13.7 Å². The molecule has 0 aromatic heterocycles. The van der Waals surface area contributed by atoms with Gasteiger partial charge in [-0.05, 0) is 18.4 Å². The van der Waals surface area contributed by atoms with Crippen LogP contribution in [-0.2, 0) is 25.5 Å². The predicted molar refractivity (Wildman–Crippen MR) is 67.0 cm³/mol. The Morgan fingerprint density at radius 1 is 1.06 bits per heavy atom. The van der Waals surface area contributed by atoms with Crippen LogP contribution in [0.15, 0.2) is 30.3 Å². The molecule has 1 aromatic carbocycles. The number of hydrogen-bond acceptors (Lipinski definition) is 4. The molecule has 0 aliphatic rings. The van der Waals surface area contributed by atoms with Gasteiger partial charge in [0, 0.05) is 6.42 Å². The Labute approximate surface area is 107 Å². The Morgan fingerprint density at radius 3 is 2.44 bits per heavy atom. The van der Waals surface area contributed by atoms with Crippen molar-refractivity contribution in [3.63, 3.8) is 0 Å². The molecule has 0 atom stereocenters. The van der Waals surface area contributed by atoms with Gasteiger partial charge < -0.3 is 9.47 Å². The highest BCUT2D eigenvalue weighted by atomic mass is 16.5. The smallest absolute Gasteiger partial charge is 0.308 e. The van der Waals surface area contributed by atoms with Gasteiger partial charge in [0.2, 0.25) is 0 Å². The van der Waals surface area contributed by atoms with E-state index in [0.717, 1.165) is 12.8 Å². The third kappa shape index (κ3) is 6.03. The van der Waals surface area contributed by atoms with Crippen LogP contribution >= 0.6 is 0 Å². The second-order valence-electron chi connectivity index (χ2n) is 3.89. The number of carbonyl (C=O) groups is 2. The average Bonchev–Trinajstić information content (AvgIpc) is 2.39. The van der Waals surface area contributed by atoms with Crippen molar-refractivity contribution in [1.82, 2.24) is 0 Å². The fourth-order valence-corrected chi connectivity index (χ4v) is 1.50. The van der Waals surface area contributed by atoms with Gasteiger partial charge in [0.05, 0.1) is 13.5 Å². The molecule has 0 saturated heterocycles. The first-order valence-corrected chi connectivity index (χ1v) is 5.98. The number of aryl methyl sites for hydroxylation is 1. The minimum absolute atomic E-state index is 0.0941. The second kappa shape index (κ2) is 8.28. The molecule has 0 unspecified atom stereocenters. The van der Waals surface area contributed by atoms with Gasteiger partial charge >= 0.3 is 11.9 Å². The maximum absolute atomic E-state index is 11.3. The number of benzene rings is 1. The number of ether oxygens (including phenoxy) is 2. The highest BCUT2D eigenvalue weighted by Gasteiger charge is 2.05. The van der Waals surface area contributed by atoms with Crippen molar-refractivity contribution in [3.05, 3.63) is 35.9 Å². The molecule has 98 valence electrons. The lowest BCUT2D eigenvalue weighted by molar-refractivity contribution is -0.147. The molecule has 0 radical (unpaired) electrons. The molecule has 0 amide bonds. The van der Waals surface area contributed by atoms with Crippen molar-refractivity contribution in [3.8, 4) is 0 Å². The molecule has 0 fully saturated rings. The Balaban J connectivity index is 2.09. The van der Waals surface area contributed by atoms with Crippen molar-refractivity contribution >= 4 is 11.9 Å². The summed E-state index contributed by atoms with van der Waals surface area (Å²) in [6.07, 6.45) is 2.09. The van der Waals surface area contributed by atoms with Crippen molar-refractivity contribution in [2.45, 2.75) is 25.7 Å². The van der Waals surface area contributed by atoms with Crippen molar-refractivity contribution in [1.29, 1.82) is 0 Å². The van der Waals surface area contributed by atoms with Gasteiger partial charge in [0.1, 0.15) is 6.61 Å². The summed E-state index contributed by atoms with van der Waals surface area (Å²) < 4.78 is 9.35. The van der Waals surface area contributed by atoms with Crippen LogP contribution in [0.1, 0.15) is 24.8 Å². The van der Waals surface area contributed by atoms with E-state index in [9.17, 15) is 9.59 Å². The SMILES string of the molecule is COC(=O)CCOC(=O)CCCc1ccccc1. The van der Waals surface area contributed by atoms with Crippen LogP contribution in [0.5, 0.6) is 0 Å². The molecular formula is C14H18O4. The highest BCUT2D eigenvalue weighted by molar-refractivity contribution is 5.71. The lowest BCUT2D eigenvalue weighted by Crippen LogP contribution is -2.10. The van der Waals surface area contributed by atoms with Crippen LogP contribution in [0, 0.1) is 0 Å². The molecule has 18 heavy (non-hydrogen) atoms. The van der Waals surface area contributed by atoms with E-state index < -0.39 is 0 Å². The zero-order valence-corrected chi connectivity index (χ0v) is 10.6. The molecule has 0 heterocycles. The minimum atomic E-state index is -0.368. The van der Waals surface area contributed by atoms with Gasteiger partial charge in [-0.3, -0.25) is 9.59 Å². The predicted octanol–water partition coefficient (Wildman–Crippen LogP) is 2.12. The summed E-state index contributed by atoms with van der Waals surface area (Å²) in [6, 6.07) is 9.98. The molecular weight excluding hydrogens is 232 g/mol. The molecule has 4 heteroatoms. The van der Waals surface area contributed by atoms with E-state index in [2.05, 4.69) is 4.74 Å². The Bertz CT molecular complexity index is 373. The van der Waals surface area contributed by atoms with E-state index in [4.69, 9.17) is 4.74 Å². The summed E-state index contributed by atoms with van der Waals surface area (Å²) in [5, 5.41) is 0. The third-order valence-electron chi connectivity index (χ3n) is 2.49. The summed E-state index contributed by atoms with van der Waals surface area (Å²) in [7, 11) is 1.31. The summed E-state index contributed by atoms with van der Waals surface area (Å²) >= 11 is 0. The molecule has 0 bridgehead atoms. The molecule has 1 rings (SSSR count). The highest BCUT2D eigenvalue weighted by Crippen LogP contribution is 2.05. The molecule has 0 aliphatic carbocycles. The van der Waals surface area contributed by atoms with E-state index >= 15 is 0 Å². The van der Waals surface area contributed by atoms with Crippen LogP contribution in [0.25, 0.3) is 0 Å². The first-order valence-electron chi connectivity index (χ1n) is 5.98. The van der Waals surface area contributed by atoms with Gasteiger partial charge in [-0.25, -0.2) is 0 Å². The second-order valence-corrected chi connectivity index (χ2v) is 3.89. The number of rotatable bonds is 7. The maximum atomic E-state index is 11.3. The molecule has 0 saturated carbocycles. The van der Waals surface area contributed by atoms with Crippen LogP contribution < -0.4 is 0 Å². The van der Waals surface area contributed by atoms with E-state index in [1.165, 1.54) is 12.7 Å². The molecule has 0 N–H and O–H groups in total. The van der Waals surface area contributed by atoms with E-state index in [1.807, 2.05) is 30.3 Å². The normalized spacial score (nSPS) is 9.83. The van der Waals surface area contributed by atoms with Crippen molar-refractivity contribution in [2.24, 2.45) is 0 Å². The lowest BCUT2D eigenvalue weighted by Gasteiger charge is -2.04. The van der Waals surface area contributed by atoms with Gasteiger partial charge in [-0.2, -0.15) is 0 Å². The summed E-state index contributed by atoms with van der Waals surface area (Å²) in [5.74, 6) is -0.637. The maximum Gasteiger partial charge on any atom is 0.308 e. The van der Waals surface area contributed by atoms with Crippen LogP contribution in [0.2, 0.25) is 0 Å². The molecule has 4 nitrogen and oxygen atoms in total. The van der Waals surface area contributed by atoms with Crippen molar-refractivity contribution < 1.29 is 19.1 Å². The van der Waals surface area contributed by atoms with E-state index in [1.54, 1.807) is 0 Å². The quantitative estimate of drug-likeness (QED) is 0.695. The molecule has 0 aliphatic heterocycles. The first kappa shape index (κ1) is 14.2. The van der Waals surface area contributed by atoms with Crippen LogP contribution in [0.3, 0.4) is 0 Å². The van der Waals surface area contributed by atoms with E-state index in [-0.39, 0.29) is 25.0 Å². The average molecular weight is 250 g/mol. The Hall–Kier alpha value is -1.84. The summed E-state index contributed by atoms with van der Waals surface area (Å²) in [4.78, 5) is 22.1. The van der Waals surface area contributed by atoms with Crippen LogP contribution in [0.4, 0.5) is 0 Å². The van der Waals surface area contributed by atoms with Crippen LogP contribution in [-0.4, -0.2) is 25.7 Å². The number of carbonyl (C=O) groups excluding carboxylic acids is 2. The fourth-order valence-electron chi connectivity index (χ4n) is 1.50. The zero-order chi connectivity index (χ0) is 13.2. The van der Waals surface area contributed by atoms with Gasteiger partial charge in [0.25, 0.3) is 0 Å². The molecule has 1 aromatic rings. The van der Waals surface area contributed by atoms with Gasteiger partial charge in [-0.1, -0.05) is 30.3 Å². The first-order chi connectivity index (χ1) is 8.72. The van der Waals surface area contributed by atoms with Gasteiger partial charge in [0.15, 0.2) is 0 Å². The number of esters is 2. The topological polar surface area (TPSA) is 52.6 Å². The van der Waals surface area contributed by atoms with Gasteiger partial charge in [-0.15, -0.1) is 0 Å². The zero-order valence-electron chi connectivity index (χ0n) is 10.6. The lowest BCUT2D eigenvalue weighted by atomic mass is 10.1. The Morgan fingerprint density at radius 2 is 1.78 bits per heavy atom. The molecule has 0 spiro atoms. The third-order valence-corrected chi connectivity index (χ3v) is 2.49. The Kier molecular flexibility index (Phi) is 6.54. The largest absolute Gasteiger partial charge is 0.469 e. The monoisotopic (exact) mass is 250 g/mol. The minimum Gasteiger partial charge on any atom is -0.469 e. The number of methoxy groups -OCH3 is 1.